The number of hydrogen-bond acceptors (Lipinski definition) is 4. The third-order valence-electron chi connectivity index (χ3n) is 4.26. The van der Waals surface area contributed by atoms with Crippen molar-refractivity contribution in [3.05, 3.63) is 24.3 Å². The highest BCUT2D eigenvalue weighted by atomic mass is 35.5. The van der Waals surface area contributed by atoms with Crippen molar-refractivity contribution in [3.8, 4) is 0 Å². The van der Waals surface area contributed by atoms with E-state index in [1.807, 2.05) is 25.1 Å². The standard InChI is InChI=1S/C17H28N4O.3ClH/c1-3-7-14(18)17(22)19-15-8-5-6-9-16(15)21-12-10-20(4-2)11-13-21;;;/h5-6,8-9,14H,3-4,7,10-13,18H2,1-2H3,(H,19,22);3*1H. The fourth-order valence-corrected chi connectivity index (χ4v) is 2.83. The summed E-state index contributed by atoms with van der Waals surface area (Å²) in [7, 11) is 0. The minimum absolute atomic E-state index is 0. The largest absolute Gasteiger partial charge is 0.367 e. The summed E-state index contributed by atoms with van der Waals surface area (Å²) < 4.78 is 0. The number of para-hydroxylation sites is 2. The highest BCUT2D eigenvalue weighted by Gasteiger charge is 2.20. The predicted octanol–water partition coefficient (Wildman–Crippen LogP) is 3.16. The number of piperazine rings is 1. The predicted molar refractivity (Wildman–Crippen MR) is 114 cm³/mol. The zero-order valence-corrected chi connectivity index (χ0v) is 17.4. The van der Waals surface area contributed by atoms with Gasteiger partial charge in [0.25, 0.3) is 0 Å². The van der Waals surface area contributed by atoms with E-state index in [1.54, 1.807) is 0 Å². The lowest BCUT2D eigenvalue weighted by molar-refractivity contribution is -0.117. The monoisotopic (exact) mass is 412 g/mol. The van der Waals surface area contributed by atoms with E-state index in [9.17, 15) is 4.79 Å². The van der Waals surface area contributed by atoms with Gasteiger partial charge in [0.1, 0.15) is 0 Å². The number of benzene rings is 1. The van der Waals surface area contributed by atoms with Gasteiger partial charge in [-0.15, -0.1) is 37.2 Å². The van der Waals surface area contributed by atoms with Crippen molar-refractivity contribution in [1.82, 2.24) is 4.90 Å². The molecular formula is C17H31Cl3N4O. The number of likely N-dealkylation sites (N-methyl/N-ethyl adjacent to an activating group) is 1. The van der Waals surface area contributed by atoms with E-state index in [1.165, 1.54) is 0 Å². The Labute approximate surface area is 169 Å². The van der Waals surface area contributed by atoms with Crippen LogP contribution in [0.1, 0.15) is 26.7 Å². The average Bonchev–Trinajstić information content (AvgIpc) is 2.55. The van der Waals surface area contributed by atoms with E-state index in [0.717, 1.165) is 50.5 Å². The van der Waals surface area contributed by atoms with Gasteiger partial charge in [0.05, 0.1) is 17.4 Å². The van der Waals surface area contributed by atoms with Gasteiger partial charge in [-0.25, -0.2) is 0 Å². The van der Waals surface area contributed by atoms with E-state index in [4.69, 9.17) is 5.73 Å². The molecule has 1 aromatic rings. The molecule has 1 aromatic carbocycles. The van der Waals surface area contributed by atoms with Crippen LogP contribution in [0.5, 0.6) is 0 Å². The second-order valence-corrected chi connectivity index (χ2v) is 5.82. The molecule has 25 heavy (non-hydrogen) atoms. The Hall–Kier alpha value is -0.720. The van der Waals surface area contributed by atoms with E-state index in [-0.39, 0.29) is 43.1 Å². The number of carbonyl (C=O) groups is 1. The molecule has 0 aromatic heterocycles. The summed E-state index contributed by atoms with van der Waals surface area (Å²) in [5.74, 6) is -0.0958. The number of nitrogens with zero attached hydrogens (tertiary/aromatic N) is 2. The summed E-state index contributed by atoms with van der Waals surface area (Å²) in [6.45, 7) is 9.43. The number of hydrogen-bond donors (Lipinski definition) is 2. The molecule has 1 atom stereocenters. The molecule has 0 radical (unpaired) electrons. The van der Waals surface area contributed by atoms with Gasteiger partial charge >= 0.3 is 0 Å². The fourth-order valence-electron chi connectivity index (χ4n) is 2.83. The topological polar surface area (TPSA) is 61.6 Å². The van der Waals surface area contributed by atoms with Gasteiger partial charge in [-0.3, -0.25) is 4.79 Å². The Kier molecular flexibility index (Phi) is 14.3. The minimum Gasteiger partial charge on any atom is -0.367 e. The molecular weight excluding hydrogens is 383 g/mol. The zero-order valence-electron chi connectivity index (χ0n) is 14.9. The third-order valence-corrected chi connectivity index (χ3v) is 4.26. The first-order chi connectivity index (χ1) is 10.7. The lowest BCUT2D eigenvalue weighted by Crippen LogP contribution is -2.46. The first kappa shape index (κ1) is 26.5. The molecule has 1 aliphatic heterocycles. The highest BCUT2D eigenvalue weighted by Crippen LogP contribution is 2.26. The SMILES string of the molecule is CCCC(N)C(=O)Nc1ccccc1N1CCN(CC)CC1.Cl.Cl.Cl. The van der Waals surface area contributed by atoms with Crippen molar-refractivity contribution in [2.24, 2.45) is 5.73 Å². The third kappa shape index (κ3) is 7.59. The molecule has 0 aliphatic carbocycles. The minimum atomic E-state index is -0.435. The number of halogens is 3. The van der Waals surface area contributed by atoms with Crippen LogP contribution in [-0.4, -0.2) is 49.6 Å². The van der Waals surface area contributed by atoms with Crippen molar-refractivity contribution in [1.29, 1.82) is 0 Å². The van der Waals surface area contributed by atoms with Crippen LogP contribution in [0, 0.1) is 0 Å². The molecule has 1 unspecified atom stereocenters. The van der Waals surface area contributed by atoms with E-state index < -0.39 is 6.04 Å². The molecule has 0 spiro atoms. The van der Waals surface area contributed by atoms with Gasteiger partial charge in [0.2, 0.25) is 5.91 Å². The summed E-state index contributed by atoms with van der Waals surface area (Å²) in [6, 6.07) is 7.56. The van der Waals surface area contributed by atoms with Crippen LogP contribution in [0.25, 0.3) is 0 Å². The molecule has 146 valence electrons. The van der Waals surface area contributed by atoms with Gasteiger partial charge in [0, 0.05) is 26.2 Å². The number of nitrogens with two attached hydrogens (primary N) is 1. The molecule has 1 amide bonds. The molecule has 0 saturated carbocycles. The van der Waals surface area contributed by atoms with E-state index >= 15 is 0 Å². The number of carbonyl (C=O) groups excluding carboxylic acids is 1. The van der Waals surface area contributed by atoms with Crippen LogP contribution in [0.4, 0.5) is 11.4 Å². The van der Waals surface area contributed by atoms with Crippen LogP contribution < -0.4 is 16.0 Å². The van der Waals surface area contributed by atoms with Crippen LogP contribution >= 0.6 is 37.2 Å². The Morgan fingerprint density at radius 3 is 2.28 bits per heavy atom. The van der Waals surface area contributed by atoms with Crippen molar-refractivity contribution in [3.63, 3.8) is 0 Å². The van der Waals surface area contributed by atoms with Crippen molar-refractivity contribution >= 4 is 54.5 Å². The molecule has 1 saturated heterocycles. The Bertz CT molecular complexity index is 497. The van der Waals surface area contributed by atoms with Gasteiger partial charge in [-0.1, -0.05) is 32.4 Å². The first-order valence-electron chi connectivity index (χ1n) is 8.28. The van der Waals surface area contributed by atoms with Crippen LogP contribution in [-0.2, 0) is 4.79 Å². The summed E-state index contributed by atoms with van der Waals surface area (Å²) >= 11 is 0. The molecule has 0 bridgehead atoms. The number of anilines is 2. The molecule has 5 nitrogen and oxygen atoms in total. The number of rotatable bonds is 6. The van der Waals surface area contributed by atoms with Crippen LogP contribution in [0.2, 0.25) is 0 Å². The molecule has 1 heterocycles. The Morgan fingerprint density at radius 2 is 1.72 bits per heavy atom. The summed E-state index contributed by atoms with van der Waals surface area (Å²) in [5.41, 5.74) is 7.87. The normalized spacial score (nSPS) is 15.2. The maximum absolute atomic E-state index is 12.2. The quantitative estimate of drug-likeness (QED) is 0.752. The molecule has 3 N–H and O–H groups in total. The summed E-state index contributed by atoms with van der Waals surface area (Å²) in [6.07, 6.45) is 1.62. The maximum Gasteiger partial charge on any atom is 0.241 e. The Balaban J connectivity index is 0. The van der Waals surface area contributed by atoms with Gasteiger partial charge in [0.15, 0.2) is 0 Å². The van der Waals surface area contributed by atoms with Crippen molar-refractivity contribution in [2.75, 3.05) is 42.9 Å². The van der Waals surface area contributed by atoms with Crippen LogP contribution in [0.3, 0.4) is 0 Å². The number of nitrogens with one attached hydrogen (secondary N) is 1. The fraction of sp³-hybridized carbons (Fsp3) is 0.588. The molecule has 1 fully saturated rings. The maximum atomic E-state index is 12.2. The second-order valence-electron chi connectivity index (χ2n) is 5.82. The molecule has 2 rings (SSSR count). The highest BCUT2D eigenvalue weighted by molar-refractivity contribution is 5.97. The smallest absolute Gasteiger partial charge is 0.241 e. The molecule has 8 heteroatoms. The lowest BCUT2D eigenvalue weighted by Gasteiger charge is -2.36. The van der Waals surface area contributed by atoms with E-state index in [2.05, 4.69) is 28.1 Å². The van der Waals surface area contributed by atoms with Gasteiger partial charge in [-0.05, 0) is 25.1 Å². The van der Waals surface area contributed by atoms with Crippen molar-refractivity contribution < 1.29 is 4.79 Å². The van der Waals surface area contributed by atoms with E-state index in [0.29, 0.717) is 6.42 Å². The first-order valence-corrected chi connectivity index (χ1v) is 8.28. The summed E-state index contributed by atoms with van der Waals surface area (Å²) in [5, 5.41) is 3.00. The average molecular weight is 414 g/mol. The van der Waals surface area contributed by atoms with Crippen molar-refractivity contribution in [2.45, 2.75) is 32.7 Å². The lowest BCUT2D eigenvalue weighted by atomic mass is 10.1. The summed E-state index contributed by atoms with van der Waals surface area (Å²) in [4.78, 5) is 17.0. The zero-order chi connectivity index (χ0) is 15.9. The van der Waals surface area contributed by atoms with Gasteiger partial charge in [-0.2, -0.15) is 0 Å². The molecule has 1 aliphatic rings. The number of amides is 1. The Morgan fingerprint density at radius 1 is 1.12 bits per heavy atom. The van der Waals surface area contributed by atoms with Gasteiger partial charge < -0.3 is 20.9 Å². The second kappa shape index (κ2) is 13.5. The van der Waals surface area contributed by atoms with Crippen LogP contribution in [0.15, 0.2) is 24.3 Å².